The lowest BCUT2D eigenvalue weighted by Crippen LogP contribution is -2.28. The molecule has 12 nitrogen and oxygen atoms in total. The number of ether oxygens (including phenoxy) is 1. The molecule has 7 N–H and O–H groups in total. The molecule has 1 aromatic heterocycles. The van der Waals surface area contributed by atoms with Crippen LogP contribution in [0.25, 0.3) is 0 Å². The monoisotopic (exact) mass is 326 g/mol. The zero-order valence-electron chi connectivity index (χ0n) is 10.6. The van der Waals surface area contributed by atoms with Crippen LogP contribution in [0, 0.1) is 0 Å². The van der Waals surface area contributed by atoms with Gasteiger partial charge in [0, 0.05) is 6.42 Å². The van der Waals surface area contributed by atoms with Crippen LogP contribution in [-0.2, 0) is 9.30 Å². The molecular formula is C8H15N4O8P. The highest BCUT2D eigenvalue weighted by Gasteiger charge is 2.35. The van der Waals surface area contributed by atoms with Crippen molar-refractivity contribution in [2.45, 2.75) is 24.9 Å². The summed E-state index contributed by atoms with van der Waals surface area (Å²) in [4.78, 5) is 40.1. The Kier molecular flexibility index (Phi) is 5.92. The van der Waals surface area contributed by atoms with E-state index in [1.54, 1.807) is 0 Å². The van der Waals surface area contributed by atoms with Crippen molar-refractivity contribution >= 4 is 13.8 Å². The van der Waals surface area contributed by atoms with Gasteiger partial charge in [-0.2, -0.15) is 4.98 Å². The molecule has 0 aromatic carbocycles. The van der Waals surface area contributed by atoms with Crippen molar-refractivity contribution < 1.29 is 34.2 Å². The third-order valence-electron chi connectivity index (χ3n) is 2.44. The maximum Gasteiger partial charge on any atom is 0.466 e. The standard InChI is InChI=1S/C8H12N4O4.H3O4P/c9-7-10-3-12(8(15)11-7)6-1-4(14)5(2-13)16-6;1-5(2,3)4/h3-6,13-14H,1-2H2,(H2,9,11,15);(H3,1,2,3,4)/t4-,5+,6+;/m0./s1. The summed E-state index contributed by atoms with van der Waals surface area (Å²) in [7, 11) is -4.64. The first-order chi connectivity index (χ1) is 9.61. The van der Waals surface area contributed by atoms with E-state index in [0.717, 1.165) is 4.57 Å². The number of hydrogen-bond donors (Lipinski definition) is 6. The highest BCUT2D eigenvalue weighted by molar-refractivity contribution is 7.45. The number of aliphatic hydroxyl groups is 2. The van der Waals surface area contributed by atoms with Gasteiger partial charge in [-0.3, -0.25) is 4.57 Å². The molecular weight excluding hydrogens is 311 g/mol. The van der Waals surface area contributed by atoms with Gasteiger partial charge in [-0.15, -0.1) is 0 Å². The van der Waals surface area contributed by atoms with Crippen LogP contribution in [-0.4, -0.2) is 58.2 Å². The summed E-state index contributed by atoms with van der Waals surface area (Å²) in [5.41, 5.74) is 4.65. The summed E-state index contributed by atoms with van der Waals surface area (Å²) in [6.45, 7) is -0.303. The van der Waals surface area contributed by atoms with Gasteiger partial charge in [-0.25, -0.2) is 14.3 Å². The van der Waals surface area contributed by atoms with Crippen molar-refractivity contribution in [3.63, 3.8) is 0 Å². The molecule has 0 bridgehead atoms. The Morgan fingerprint density at radius 1 is 1.48 bits per heavy atom. The zero-order valence-corrected chi connectivity index (χ0v) is 11.4. The van der Waals surface area contributed by atoms with Gasteiger partial charge in [0.15, 0.2) is 0 Å². The summed E-state index contributed by atoms with van der Waals surface area (Å²) in [6.07, 6.45) is -0.741. The first-order valence-corrected chi connectivity index (χ1v) is 7.11. The molecule has 0 radical (unpaired) electrons. The van der Waals surface area contributed by atoms with E-state index in [1.807, 2.05) is 0 Å². The smallest absolute Gasteiger partial charge is 0.394 e. The van der Waals surface area contributed by atoms with Gasteiger partial charge in [0.05, 0.1) is 12.7 Å². The molecule has 2 rings (SSSR count). The molecule has 120 valence electrons. The van der Waals surface area contributed by atoms with Crippen molar-refractivity contribution in [2.75, 3.05) is 12.3 Å². The highest BCUT2D eigenvalue weighted by atomic mass is 31.2. The number of rotatable bonds is 2. The van der Waals surface area contributed by atoms with Gasteiger partial charge in [0.25, 0.3) is 0 Å². The molecule has 1 aromatic rings. The molecule has 1 aliphatic rings. The van der Waals surface area contributed by atoms with E-state index in [-0.39, 0.29) is 19.0 Å². The lowest BCUT2D eigenvalue weighted by molar-refractivity contribution is -0.0462. The average molecular weight is 326 g/mol. The van der Waals surface area contributed by atoms with Crippen LogP contribution in [0.3, 0.4) is 0 Å². The second-order valence-electron chi connectivity index (χ2n) is 4.03. The summed E-state index contributed by atoms with van der Waals surface area (Å²) in [5.74, 6) is -0.112. The molecule has 21 heavy (non-hydrogen) atoms. The number of nitrogen functional groups attached to an aromatic ring is 1. The minimum absolute atomic E-state index is 0.112. The minimum atomic E-state index is -4.64. The summed E-state index contributed by atoms with van der Waals surface area (Å²) in [5, 5.41) is 18.4. The van der Waals surface area contributed by atoms with E-state index in [4.69, 9.17) is 34.8 Å². The third-order valence-corrected chi connectivity index (χ3v) is 2.44. The Morgan fingerprint density at radius 3 is 2.48 bits per heavy atom. The van der Waals surface area contributed by atoms with Crippen LogP contribution in [0.15, 0.2) is 11.1 Å². The average Bonchev–Trinajstić information content (AvgIpc) is 2.68. The lowest BCUT2D eigenvalue weighted by Gasteiger charge is -2.13. The number of anilines is 1. The molecule has 1 aliphatic heterocycles. The first kappa shape index (κ1) is 17.7. The Morgan fingerprint density at radius 2 is 2.05 bits per heavy atom. The molecule has 0 spiro atoms. The number of phosphoric acid groups is 1. The Bertz CT molecular complexity index is 565. The van der Waals surface area contributed by atoms with E-state index >= 15 is 0 Å². The predicted octanol–water partition coefficient (Wildman–Crippen LogP) is -3.07. The Labute approximate surface area is 117 Å². The lowest BCUT2D eigenvalue weighted by atomic mass is 10.2. The number of hydrogen-bond acceptors (Lipinski definition) is 8. The van der Waals surface area contributed by atoms with Gasteiger partial charge in [0.1, 0.15) is 18.7 Å². The maximum absolute atomic E-state index is 11.4. The van der Waals surface area contributed by atoms with E-state index < -0.39 is 31.9 Å². The van der Waals surface area contributed by atoms with Gasteiger partial charge >= 0.3 is 13.5 Å². The fourth-order valence-electron chi connectivity index (χ4n) is 1.60. The summed E-state index contributed by atoms with van der Waals surface area (Å²) < 4.78 is 15.3. The van der Waals surface area contributed by atoms with Crippen molar-refractivity contribution in [3.05, 3.63) is 16.8 Å². The number of aliphatic hydroxyl groups excluding tert-OH is 2. The fraction of sp³-hybridized carbons (Fsp3) is 0.625. The summed E-state index contributed by atoms with van der Waals surface area (Å²) >= 11 is 0. The minimum Gasteiger partial charge on any atom is -0.394 e. The normalized spacial score (nSPS) is 25.3. The predicted molar refractivity (Wildman–Crippen MR) is 66.6 cm³/mol. The van der Waals surface area contributed by atoms with Gasteiger partial charge in [-0.1, -0.05) is 0 Å². The second-order valence-corrected chi connectivity index (χ2v) is 5.06. The van der Waals surface area contributed by atoms with Crippen LogP contribution in [0.4, 0.5) is 5.95 Å². The van der Waals surface area contributed by atoms with Gasteiger partial charge < -0.3 is 35.4 Å². The number of aromatic nitrogens is 3. The summed E-state index contributed by atoms with van der Waals surface area (Å²) in [6, 6.07) is 0. The van der Waals surface area contributed by atoms with Crippen LogP contribution in [0.2, 0.25) is 0 Å². The fourth-order valence-corrected chi connectivity index (χ4v) is 1.60. The van der Waals surface area contributed by atoms with E-state index in [2.05, 4.69) is 9.97 Å². The van der Waals surface area contributed by atoms with Crippen LogP contribution in [0.1, 0.15) is 12.6 Å². The molecule has 0 saturated carbocycles. The molecule has 1 saturated heterocycles. The van der Waals surface area contributed by atoms with Crippen LogP contribution in [0.5, 0.6) is 0 Å². The van der Waals surface area contributed by atoms with E-state index in [0.29, 0.717) is 0 Å². The highest BCUT2D eigenvalue weighted by Crippen LogP contribution is 2.27. The SMILES string of the molecule is Nc1ncn([C@H]2C[C@H](O)[C@@H](CO)O2)c(=O)n1.O=P(O)(O)O. The maximum atomic E-state index is 11.4. The number of nitrogens with zero attached hydrogens (tertiary/aromatic N) is 3. The largest absolute Gasteiger partial charge is 0.466 e. The molecule has 0 unspecified atom stereocenters. The van der Waals surface area contributed by atoms with Gasteiger partial charge in [0.2, 0.25) is 5.95 Å². The quantitative estimate of drug-likeness (QED) is 0.301. The molecule has 1 fully saturated rings. The Balaban J connectivity index is 0.000000383. The van der Waals surface area contributed by atoms with Crippen molar-refractivity contribution in [1.82, 2.24) is 14.5 Å². The van der Waals surface area contributed by atoms with Crippen LogP contribution >= 0.6 is 7.82 Å². The first-order valence-electron chi connectivity index (χ1n) is 5.55. The second kappa shape index (κ2) is 7.04. The number of nitrogens with two attached hydrogens (primary N) is 1. The van der Waals surface area contributed by atoms with Crippen LogP contribution < -0.4 is 11.4 Å². The Hall–Kier alpha value is -1.40. The molecule has 3 atom stereocenters. The zero-order chi connectivity index (χ0) is 16.2. The third kappa shape index (κ3) is 5.85. The topological polar surface area (TPSA) is 201 Å². The molecule has 2 heterocycles. The van der Waals surface area contributed by atoms with Crippen molar-refractivity contribution in [3.8, 4) is 0 Å². The van der Waals surface area contributed by atoms with Crippen molar-refractivity contribution in [1.29, 1.82) is 0 Å². The van der Waals surface area contributed by atoms with Gasteiger partial charge in [-0.05, 0) is 0 Å². The van der Waals surface area contributed by atoms with Crippen molar-refractivity contribution in [2.24, 2.45) is 0 Å². The molecule has 13 heteroatoms. The molecule has 0 aliphatic carbocycles. The van der Waals surface area contributed by atoms with E-state index in [1.165, 1.54) is 6.33 Å². The molecule has 0 amide bonds. The van der Waals surface area contributed by atoms with E-state index in [9.17, 15) is 9.90 Å².